The Labute approximate surface area is 128 Å². The lowest BCUT2D eigenvalue weighted by atomic mass is 10.1. The second-order valence-corrected chi connectivity index (χ2v) is 5.66. The zero-order chi connectivity index (χ0) is 15.2. The Kier molecular flexibility index (Phi) is 5.11. The van der Waals surface area contributed by atoms with E-state index in [2.05, 4.69) is 17.6 Å². The summed E-state index contributed by atoms with van der Waals surface area (Å²) >= 11 is 1.35. The van der Waals surface area contributed by atoms with E-state index in [1.807, 2.05) is 29.6 Å². The van der Waals surface area contributed by atoms with Crippen LogP contribution in [0.3, 0.4) is 0 Å². The molecule has 0 aliphatic carbocycles. The maximum Gasteiger partial charge on any atom is 0.261 e. The molecule has 0 bridgehead atoms. The molecule has 1 atom stereocenters. The first kappa shape index (κ1) is 15.3. The van der Waals surface area contributed by atoms with Crippen LogP contribution in [0.1, 0.15) is 29.1 Å². The molecule has 1 aromatic heterocycles. The molecule has 0 saturated heterocycles. The molecule has 0 radical (unpaired) electrons. The number of hydrogen-bond donors (Lipinski definition) is 2. The van der Waals surface area contributed by atoms with Crippen molar-refractivity contribution in [3.63, 3.8) is 0 Å². The lowest BCUT2D eigenvalue weighted by Gasteiger charge is -2.14. The standard InChI is InChI=1S/C16H18N2O2S/c1-3-12-6-4-7-13(10-12)18-15(19)11(2)17-16(20)14-8-5-9-21-14/h4-11H,3H2,1-2H3,(H,17,20)(H,18,19). The highest BCUT2D eigenvalue weighted by Crippen LogP contribution is 2.12. The van der Waals surface area contributed by atoms with Gasteiger partial charge in [0.15, 0.2) is 0 Å². The van der Waals surface area contributed by atoms with Crippen molar-refractivity contribution in [2.24, 2.45) is 0 Å². The number of aryl methyl sites for hydroxylation is 1. The van der Waals surface area contributed by atoms with Crippen LogP contribution >= 0.6 is 11.3 Å². The molecule has 2 N–H and O–H groups in total. The highest BCUT2D eigenvalue weighted by molar-refractivity contribution is 7.12. The molecule has 2 amide bonds. The van der Waals surface area contributed by atoms with Gasteiger partial charge in [-0.15, -0.1) is 11.3 Å². The van der Waals surface area contributed by atoms with Crippen LogP contribution in [0.4, 0.5) is 5.69 Å². The Morgan fingerprint density at radius 3 is 2.71 bits per heavy atom. The van der Waals surface area contributed by atoms with Gasteiger partial charge in [-0.2, -0.15) is 0 Å². The molecule has 0 spiro atoms. The Bertz CT molecular complexity index is 623. The molecule has 1 aromatic carbocycles. The van der Waals surface area contributed by atoms with Crippen molar-refractivity contribution in [2.45, 2.75) is 26.3 Å². The lowest BCUT2D eigenvalue weighted by molar-refractivity contribution is -0.117. The molecule has 4 nitrogen and oxygen atoms in total. The molecule has 0 saturated carbocycles. The molecule has 0 fully saturated rings. The average Bonchev–Trinajstić information content (AvgIpc) is 3.01. The Morgan fingerprint density at radius 2 is 2.05 bits per heavy atom. The fourth-order valence-electron chi connectivity index (χ4n) is 1.86. The molecule has 0 aliphatic rings. The minimum atomic E-state index is -0.593. The summed E-state index contributed by atoms with van der Waals surface area (Å²) in [6.07, 6.45) is 0.911. The van der Waals surface area contributed by atoms with Gasteiger partial charge in [-0.05, 0) is 42.5 Å². The number of nitrogens with one attached hydrogen (secondary N) is 2. The molecule has 110 valence electrons. The molecule has 2 aromatic rings. The van der Waals surface area contributed by atoms with Crippen molar-refractivity contribution in [1.29, 1.82) is 0 Å². The van der Waals surface area contributed by atoms with Gasteiger partial charge < -0.3 is 10.6 Å². The van der Waals surface area contributed by atoms with Gasteiger partial charge in [-0.3, -0.25) is 9.59 Å². The van der Waals surface area contributed by atoms with Crippen LogP contribution in [0.25, 0.3) is 0 Å². The summed E-state index contributed by atoms with van der Waals surface area (Å²) in [4.78, 5) is 24.6. The van der Waals surface area contributed by atoms with Crippen LogP contribution in [-0.2, 0) is 11.2 Å². The maximum absolute atomic E-state index is 12.1. The minimum Gasteiger partial charge on any atom is -0.340 e. The van der Waals surface area contributed by atoms with Gasteiger partial charge in [0.1, 0.15) is 6.04 Å². The van der Waals surface area contributed by atoms with E-state index in [0.29, 0.717) is 4.88 Å². The van der Waals surface area contributed by atoms with Gasteiger partial charge in [-0.1, -0.05) is 25.1 Å². The van der Waals surface area contributed by atoms with Gasteiger partial charge in [0.2, 0.25) is 5.91 Å². The Morgan fingerprint density at radius 1 is 1.24 bits per heavy atom. The molecule has 1 unspecified atom stereocenters. The number of thiophene rings is 1. The summed E-state index contributed by atoms with van der Waals surface area (Å²) in [5, 5.41) is 7.34. The summed E-state index contributed by atoms with van der Waals surface area (Å²) < 4.78 is 0. The van der Waals surface area contributed by atoms with Crippen molar-refractivity contribution >= 4 is 28.8 Å². The Hall–Kier alpha value is -2.14. The number of benzene rings is 1. The van der Waals surface area contributed by atoms with Crippen LogP contribution in [0.2, 0.25) is 0 Å². The predicted octanol–water partition coefficient (Wildman–Crippen LogP) is 3.07. The van der Waals surface area contributed by atoms with Crippen molar-refractivity contribution in [3.8, 4) is 0 Å². The third-order valence-corrected chi connectivity index (χ3v) is 3.96. The van der Waals surface area contributed by atoms with Gasteiger partial charge in [0.05, 0.1) is 4.88 Å². The van der Waals surface area contributed by atoms with E-state index in [1.54, 1.807) is 19.1 Å². The molecule has 0 aliphatic heterocycles. The summed E-state index contributed by atoms with van der Waals surface area (Å²) in [5.41, 5.74) is 1.90. The number of anilines is 1. The molecule has 1 heterocycles. The van der Waals surface area contributed by atoms with Crippen LogP contribution < -0.4 is 10.6 Å². The second-order valence-electron chi connectivity index (χ2n) is 4.72. The quantitative estimate of drug-likeness (QED) is 0.892. The fraction of sp³-hybridized carbons (Fsp3) is 0.250. The first-order valence-electron chi connectivity index (χ1n) is 6.84. The molecule has 21 heavy (non-hydrogen) atoms. The van der Waals surface area contributed by atoms with Crippen LogP contribution in [0, 0.1) is 0 Å². The summed E-state index contributed by atoms with van der Waals surface area (Å²) in [5.74, 6) is -0.455. The number of carbonyl (C=O) groups is 2. The smallest absolute Gasteiger partial charge is 0.261 e. The fourth-order valence-corrected chi connectivity index (χ4v) is 2.49. The van der Waals surface area contributed by atoms with E-state index in [1.165, 1.54) is 11.3 Å². The van der Waals surface area contributed by atoms with E-state index >= 15 is 0 Å². The summed E-state index contributed by atoms with van der Waals surface area (Å²) in [6, 6.07) is 10.6. The highest BCUT2D eigenvalue weighted by atomic mass is 32.1. The Balaban J connectivity index is 1.94. The summed E-state index contributed by atoms with van der Waals surface area (Å²) in [7, 11) is 0. The third-order valence-electron chi connectivity index (χ3n) is 3.09. The predicted molar refractivity (Wildman–Crippen MR) is 85.7 cm³/mol. The van der Waals surface area contributed by atoms with E-state index < -0.39 is 6.04 Å². The second kappa shape index (κ2) is 7.04. The zero-order valence-corrected chi connectivity index (χ0v) is 12.9. The molecular formula is C16H18N2O2S. The van der Waals surface area contributed by atoms with Crippen LogP contribution in [0.15, 0.2) is 41.8 Å². The number of amides is 2. The first-order chi connectivity index (χ1) is 10.1. The highest BCUT2D eigenvalue weighted by Gasteiger charge is 2.17. The molecular weight excluding hydrogens is 284 g/mol. The number of rotatable bonds is 5. The SMILES string of the molecule is CCc1cccc(NC(=O)C(C)NC(=O)c2cccs2)c1. The van der Waals surface area contributed by atoms with Gasteiger partial charge in [0.25, 0.3) is 5.91 Å². The number of carbonyl (C=O) groups excluding carboxylic acids is 2. The average molecular weight is 302 g/mol. The lowest BCUT2D eigenvalue weighted by Crippen LogP contribution is -2.41. The molecule has 2 rings (SSSR count). The van der Waals surface area contributed by atoms with Crippen molar-refractivity contribution in [3.05, 3.63) is 52.2 Å². The minimum absolute atomic E-state index is 0.227. The monoisotopic (exact) mass is 302 g/mol. The van der Waals surface area contributed by atoms with E-state index in [-0.39, 0.29) is 11.8 Å². The molecule has 5 heteroatoms. The first-order valence-corrected chi connectivity index (χ1v) is 7.72. The van der Waals surface area contributed by atoms with Crippen molar-refractivity contribution in [1.82, 2.24) is 5.32 Å². The van der Waals surface area contributed by atoms with Crippen LogP contribution in [-0.4, -0.2) is 17.9 Å². The number of hydrogen-bond acceptors (Lipinski definition) is 3. The van der Waals surface area contributed by atoms with Crippen LogP contribution in [0.5, 0.6) is 0 Å². The van der Waals surface area contributed by atoms with Crippen molar-refractivity contribution in [2.75, 3.05) is 5.32 Å². The third kappa shape index (κ3) is 4.16. The zero-order valence-electron chi connectivity index (χ0n) is 12.1. The van der Waals surface area contributed by atoms with E-state index in [0.717, 1.165) is 17.7 Å². The maximum atomic E-state index is 12.1. The van der Waals surface area contributed by atoms with Crippen molar-refractivity contribution < 1.29 is 9.59 Å². The topological polar surface area (TPSA) is 58.2 Å². The van der Waals surface area contributed by atoms with E-state index in [4.69, 9.17) is 0 Å². The van der Waals surface area contributed by atoms with Gasteiger partial charge >= 0.3 is 0 Å². The normalized spacial score (nSPS) is 11.7. The van der Waals surface area contributed by atoms with Gasteiger partial charge in [-0.25, -0.2) is 0 Å². The van der Waals surface area contributed by atoms with E-state index in [9.17, 15) is 9.59 Å². The van der Waals surface area contributed by atoms with Gasteiger partial charge in [0, 0.05) is 5.69 Å². The largest absolute Gasteiger partial charge is 0.340 e. The summed E-state index contributed by atoms with van der Waals surface area (Å²) in [6.45, 7) is 3.73.